The molecule has 1 aromatic heterocycles. The Morgan fingerprint density at radius 3 is 2.57 bits per heavy atom. The third-order valence-corrected chi connectivity index (χ3v) is 2.90. The van der Waals surface area contributed by atoms with Crippen molar-refractivity contribution in [3.63, 3.8) is 0 Å². The van der Waals surface area contributed by atoms with E-state index >= 15 is 0 Å². The van der Waals surface area contributed by atoms with Crippen LogP contribution in [0.5, 0.6) is 5.75 Å². The highest BCUT2D eigenvalue weighted by molar-refractivity contribution is 6.05. The predicted molar refractivity (Wildman–Crippen MR) is 76.2 cm³/mol. The molecule has 0 aliphatic carbocycles. The number of nitrogens with one attached hydrogen (secondary N) is 1. The van der Waals surface area contributed by atoms with Gasteiger partial charge in [0.2, 0.25) is 0 Å². The monoisotopic (exact) mass is 328 g/mol. The Kier molecular flexibility index (Phi) is 4.63. The molecule has 2 aromatic rings. The number of hydrogen-bond donors (Lipinski definition) is 1. The topological polar surface area (TPSA) is 64.4 Å². The van der Waals surface area contributed by atoms with Gasteiger partial charge in [-0.05, 0) is 12.1 Å². The van der Waals surface area contributed by atoms with Crippen molar-refractivity contribution in [1.82, 2.24) is 5.16 Å². The van der Waals surface area contributed by atoms with E-state index in [2.05, 4.69) is 15.2 Å². The number of aromatic nitrogens is 1. The van der Waals surface area contributed by atoms with Crippen LogP contribution in [0.4, 0.5) is 19.0 Å². The smallest absolute Gasteiger partial charge is 0.387 e. The number of nitrogens with zero attached hydrogens (tertiary/aromatic N) is 1. The van der Waals surface area contributed by atoms with Gasteiger partial charge in [-0.25, -0.2) is 4.39 Å². The summed E-state index contributed by atoms with van der Waals surface area (Å²) in [6, 6.07) is 4.25. The molecule has 1 aromatic carbocycles. The molecular formula is C15H15F3N2O3. The van der Waals surface area contributed by atoms with Crippen LogP contribution in [0.15, 0.2) is 28.8 Å². The molecule has 0 radical (unpaired) electrons. The summed E-state index contributed by atoms with van der Waals surface area (Å²) in [5.41, 5.74) is -0.553. The molecule has 0 bridgehead atoms. The van der Waals surface area contributed by atoms with Gasteiger partial charge in [0.25, 0.3) is 5.91 Å². The maximum Gasteiger partial charge on any atom is 0.387 e. The number of halogens is 3. The normalized spacial score (nSPS) is 11.6. The van der Waals surface area contributed by atoms with Gasteiger partial charge in [-0.3, -0.25) is 4.79 Å². The summed E-state index contributed by atoms with van der Waals surface area (Å²) in [6.07, 6.45) is 0. The van der Waals surface area contributed by atoms with Gasteiger partial charge < -0.3 is 14.6 Å². The van der Waals surface area contributed by atoms with E-state index in [1.54, 1.807) is 0 Å². The Hall–Kier alpha value is -2.51. The zero-order chi connectivity index (χ0) is 17.2. The fourth-order valence-electron chi connectivity index (χ4n) is 1.75. The minimum Gasteiger partial charge on any atom is -0.434 e. The van der Waals surface area contributed by atoms with Gasteiger partial charge in [-0.15, -0.1) is 0 Å². The lowest BCUT2D eigenvalue weighted by atomic mass is 9.93. The van der Waals surface area contributed by atoms with Crippen molar-refractivity contribution in [3.8, 4) is 5.75 Å². The molecule has 0 saturated carbocycles. The average Bonchev–Trinajstić information content (AvgIpc) is 2.86. The molecule has 0 aliphatic rings. The molecule has 23 heavy (non-hydrogen) atoms. The van der Waals surface area contributed by atoms with E-state index in [0.717, 1.165) is 12.1 Å². The third kappa shape index (κ3) is 4.24. The highest BCUT2D eigenvalue weighted by atomic mass is 19.3. The van der Waals surface area contributed by atoms with Crippen LogP contribution in [0.25, 0.3) is 0 Å². The van der Waals surface area contributed by atoms with E-state index in [4.69, 9.17) is 4.52 Å². The number of amides is 1. The van der Waals surface area contributed by atoms with Gasteiger partial charge in [0.1, 0.15) is 17.3 Å². The summed E-state index contributed by atoms with van der Waals surface area (Å²) in [5, 5.41) is 6.08. The molecule has 8 heteroatoms. The van der Waals surface area contributed by atoms with E-state index in [1.807, 2.05) is 20.8 Å². The molecule has 1 N–H and O–H groups in total. The average molecular weight is 328 g/mol. The quantitative estimate of drug-likeness (QED) is 0.922. The Balaban J connectivity index is 2.22. The highest BCUT2D eigenvalue weighted by Gasteiger charge is 2.22. The number of rotatable bonds is 4. The van der Waals surface area contributed by atoms with E-state index in [0.29, 0.717) is 11.8 Å². The maximum absolute atomic E-state index is 13.1. The van der Waals surface area contributed by atoms with E-state index in [1.165, 1.54) is 6.07 Å². The van der Waals surface area contributed by atoms with E-state index < -0.39 is 24.1 Å². The predicted octanol–water partition coefficient (Wildman–Crippen LogP) is 3.96. The molecule has 0 atom stereocenters. The largest absolute Gasteiger partial charge is 0.434 e. The summed E-state index contributed by atoms with van der Waals surface area (Å²) < 4.78 is 47.1. The lowest BCUT2D eigenvalue weighted by molar-refractivity contribution is -0.0502. The van der Waals surface area contributed by atoms with Crippen LogP contribution < -0.4 is 10.1 Å². The Bertz CT molecular complexity index is 708. The van der Waals surface area contributed by atoms with Gasteiger partial charge in [-0.1, -0.05) is 25.9 Å². The van der Waals surface area contributed by atoms with Gasteiger partial charge in [0, 0.05) is 17.5 Å². The van der Waals surface area contributed by atoms with Gasteiger partial charge >= 0.3 is 6.61 Å². The standard InChI is InChI=1S/C15H15F3N2O3/c1-15(2,3)11-7-12(20-23-11)19-13(21)9-5-4-8(16)6-10(9)22-14(17)18/h4-7,14H,1-3H3,(H,19,20,21). The lowest BCUT2D eigenvalue weighted by Crippen LogP contribution is -2.15. The summed E-state index contributed by atoms with van der Waals surface area (Å²) in [5.74, 6) is -1.47. The maximum atomic E-state index is 13.1. The lowest BCUT2D eigenvalue weighted by Gasteiger charge is -2.12. The molecule has 1 amide bonds. The molecule has 0 saturated heterocycles. The van der Waals surface area contributed by atoms with Crippen LogP contribution in [-0.2, 0) is 5.41 Å². The van der Waals surface area contributed by atoms with Gasteiger partial charge in [-0.2, -0.15) is 8.78 Å². The van der Waals surface area contributed by atoms with Crippen LogP contribution in [0.2, 0.25) is 0 Å². The first-order chi connectivity index (χ1) is 10.7. The molecule has 0 spiro atoms. The number of alkyl halides is 2. The van der Waals surface area contributed by atoms with Crippen LogP contribution in [-0.4, -0.2) is 17.7 Å². The number of carbonyl (C=O) groups is 1. The number of carbonyl (C=O) groups excluding carboxylic acids is 1. The fraction of sp³-hybridized carbons (Fsp3) is 0.333. The number of hydrogen-bond acceptors (Lipinski definition) is 4. The molecule has 0 aliphatic heterocycles. The second-order valence-electron chi connectivity index (χ2n) is 5.80. The number of anilines is 1. The van der Waals surface area contributed by atoms with Crippen LogP contribution in [0, 0.1) is 5.82 Å². The van der Waals surface area contributed by atoms with Crippen molar-refractivity contribution >= 4 is 11.7 Å². The Labute approximate surface area is 130 Å². The van der Waals surface area contributed by atoms with E-state index in [-0.39, 0.29) is 16.8 Å². The molecule has 0 unspecified atom stereocenters. The summed E-state index contributed by atoms with van der Waals surface area (Å²) in [7, 11) is 0. The highest BCUT2D eigenvalue weighted by Crippen LogP contribution is 2.26. The van der Waals surface area contributed by atoms with Crippen LogP contribution in [0.1, 0.15) is 36.9 Å². The minimum absolute atomic E-state index is 0.118. The summed E-state index contributed by atoms with van der Waals surface area (Å²) in [4.78, 5) is 12.1. The summed E-state index contributed by atoms with van der Waals surface area (Å²) in [6.45, 7) is 2.51. The van der Waals surface area contributed by atoms with Crippen LogP contribution >= 0.6 is 0 Å². The first-order valence-electron chi connectivity index (χ1n) is 6.70. The molecular weight excluding hydrogens is 313 g/mol. The van der Waals surface area contributed by atoms with Gasteiger partial charge in [0.15, 0.2) is 5.82 Å². The van der Waals surface area contributed by atoms with Crippen molar-refractivity contribution in [2.45, 2.75) is 32.8 Å². The Morgan fingerprint density at radius 1 is 1.30 bits per heavy atom. The third-order valence-electron chi connectivity index (χ3n) is 2.90. The first kappa shape index (κ1) is 16.9. The first-order valence-corrected chi connectivity index (χ1v) is 6.70. The fourth-order valence-corrected chi connectivity index (χ4v) is 1.75. The van der Waals surface area contributed by atoms with E-state index in [9.17, 15) is 18.0 Å². The number of benzene rings is 1. The molecule has 0 fully saturated rings. The number of ether oxygens (including phenoxy) is 1. The van der Waals surface area contributed by atoms with Crippen LogP contribution in [0.3, 0.4) is 0 Å². The minimum atomic E-state index is -3.18. The Morgan fingerprint density at radius 2 is 2.00 bits per heavy atom. The van der Waals surface area contributed by atoms with Gasteiger partial charge in [0.05, 0.1) is 5.56 Å². The molecule has 124 valence electrons. The zero-order valence-electron chi connectivity index (χ0n) is 12.7. The summed E-state index contributed by atoms with van der Waals surface area (Å²) >= 11 is 0. The molecule has 5 nitrogen and oxygen atoms in total. The second-order valence-corrected chi connectivity index (χ2v) is 5.80. The SMILES string of the molecule is CC(C)(C)c1cc(NC(=O)c2ccc(F)cc2OC(F)F)no1. The molecule has 1 heterocycles. The van der Waals surface area contributed by atoms with Crippen molar-refractivity contribution in [1.29, 1.82) is 0 Å². The van der Waals surface area contributed by atoms with Crippen molar-refractivity contribution in [3.05, 3.63) is 41.4 Å². The molecule has 2 rings (SSSR count). The second kappa shape index (κ2) is 6.31. The van der Waals surface area contributed by atoms with Crippen molar-refractivity contribution < 1.29 is 27.2 Å². The van der Waals surface area contributed by atoms with Crippen molar-refractivity contribution in [2.75, 3.05) is 5.32 Å². The van der Waals surface area contributed by atoms with Crippen molar-refractivity contribution in [2.24, 2.45) is 0 Å². The zero-order valence-corrected chi connectivity index (χ0v) is 12.7.